The van der Waals surface area contributed by atoms with Crippen molar-refractivity contribution in [3.63, 3.8) is 0 Å². The van der Waals surface area contributed by atoms with E-state index in [1.165, 1.54) is 6.07 Å². The largest absolute Gasteiger partial charge is 0.394 e. The number of aliphatic hydroxyl groups excluding tert-OH is 1. The van der Waals surface area contributed by atoms with E-state index >= 15 is 0 Å². The van der Waals surface area contributed by atoms with Crippen molar-refractivity contribution < 1.29 is 10.0 Å². The molecule has 1 aliphatic rings. The normalized spacial score (nSPS) is 17.5. The minimum atomic E-state index is -0.498. The molecular weight excluding hydrogens is 260 g/mol. The molecule has 0 radical (unpaired) electrons. The molecule has 0 unspecified atom stereocenters. The van der Waals surface area contributed by atoms with Crippen LogP contribution in [0.1, 0.15) is 32.1 Å². The number of hydrogen-bond donors (Lipinski definition) is 3. The van der Waals surface area contributed by atoms with E-state index < -0.39 is 10.5 Å². The van der Waals surface area contributed by atoms with Gasteiger partial charge in [0.1, 0.15) is 5.82 Å². The zero-order valence-electron chi connectivity index (χ0n) is 11.6. The monoisotopic (exact) mass is 280 g/mol. The van der Waals surface area contributed by atoms with Crippen LogP contribution in [0, 0.1) is 10.1 Å². The molecule has 20 heavy (non-hydrogen) atoms. The van der Waals surface area contributed by atoms with Gasteiger partial charge in [-0.05, 0) is 18.9 Å². The van der Waals surface area contributed by atoms with Gasteiger partial charge in [-0.3, -0.25) is 10.1 Å². The van der Waals surface area contributed by atoms with Gasteiger partial charge in [-0.25, -0.2) is 4.98 Å². The first-order chi connectivity index (χ1) is 9.60. The fourth-order valence-corrected chi connectivity index (χ4v) is 2.63. The highest BCUT2D eigenvalue weighted by atomic mass is 16.6. The lowest BCUT2D eigenvalue weighted by Gasteiger charge is -2.36. The van der Waals surface area contributed by atoms with Crippen LogP contribution >= 0.6 is 0 Å². The highest BCUT2D eigenvalue weighted by Crippen LogP contribution is 2.34. The molecule has 1 heterocycles. The van der Waals surface area contributed by atoms with E-state index in [9.17, 15) is 15.2 Å². The second-order valence-electron chi connectivity index (χ2n) is 5.20. The molecule has 1 aliphatic carbocycles. The van der Waals surface area contributed by atoms with Crippen molar-refractivity contribution in [1.29, 1.82) is 0 Å². The van der Waals surface area contributed by atoms with Gasteiger partial charge < -0.3 is 15.7 Å². The van der Waals surface area contributed by atoms with Crippen molar-refractivity contribution in [2.24, 2.45) is 0 Å². The van der Waals surface area contributed by atoms with Gasteiger partial charge in [-0.15, -0.1) is 0 Å². The van der Waals surface area contributed by atoms with Crippen LogP contribution in [0.15, 0.2) is 12.1 Å². The number of rotatable bonds is 5. The summed E-state index contributed by atoms with van der Waals surface area (Å²) in [6.07, 6.45) is 4.74. The maximum absolute atomic E-state index is 11.1. The molecule has 7 heteroatoms. The lowest BCUT2D eigenvalue weighted by Crippen LogP contribution is -2.44. The summed E-state index contributed by atoms with van der Waals surface area (Å²) in [6, 6.07) is 2.99. The van der Waals surface area contributed by atoms with Gasteiger partial charge in [-0.2, -0.15) is 0 Å². The highest BCUT2D eigenvalue weighted by molar-refractivity contribution is 5.61. The molecule has 1 aromatic heterocycles. The van der Waals surface area contributed by atoms with Crippen LogP contribution < -0.4 is 10.6 Å². The summed E-state index contributed by atoms with van der Waals surface area (Å²) in [5.41, 5.74) is -0.565. The zero-order valence-corrected chi connectivity index (χ0v) is 11.6. The van der Waals surface area contributed by atoms with Crippen molar-refractivity contribution >= 4 is 17.3 Å². The molecule has 0 aromatic carbocycles. The second-order valence-corrected chi connectivity index (χ2v) is 5.20. The standard InChI is InChI=1S/C13H20N4O3/c1-14-11-6-5-10(17(19)20)12(15-11)16-13(9-18)7-3-2-4-8-13/h5-6,18H,2-4,7-9H2,1H3,(H2,14,15,16). The summed E-state index contributed by atoms with van der Waals surface area (Å²) in [4.78, 5) is 14.9. The van der Waals surface area contributed by atoms with Gasteiger partial charge in [0.2, 0.25) is 5.82 Å². The van der Waals surface area contributed by atoms with Gasteiger partial charge in [0, 0.05) is 13.1 Å². The molecule has 0 amide bonds. The van der Waals surface area contributed by atoms with Crippen molar-refractivity contribution in [2.45, 2.75) is 37.6 Å². The van der Waals surface area contributed by atoms with Gasteiger partial charge in [0.25, 0.3) is 0 Å². The van der Waals surface area contributed by atoms with E-state index in [0.29, 0.717) is 5.82 Å². The molecule has 0 atom stereocenters. The first kappa shape index (κ1) is 14.5. The molecule has 0 bridgehead atoms. The fourth-order valence-electron chi connectivity index (χ4n) is 2.63. The third-order valence-corrected chi connectivity index (χ3v) is 3.82. The maximum Gasteiger partial charge on any atom is 0.311 e. The van der Waals surface area contributed by atoms with E-state index in [0.717, 1.165) is 32.1 Å². The first-order valence-electron chi connectivity index (χ1n) is 6.82. The SMILES string of the molecule is CNc1ccc([N+](=O)[O-])c(NC2(CO)CCCCC2)n1. The van der Waals surface area contributed by atoms with Crippen LogP contribution in [0.3, 0.4) is 0 Å². The average Bonchev–Trinajstić information content (AvgIpc) is 2.47. The van der Waals surface area contributed by atoms with Gasteiger partial charge in [0.05, 0.1) is 17.1 Å². The van der Waals surface area contributed by atoms with Crippen molar-refractivity contribution in [2.75, 3.05) is 24.3 Å². The van der Waals surface area contributed by atoms with Crippen LogP contribution in [-0.2, 0) is 0 Å². The molecule has 2 rings (SSSR count). The third kappa shape index (κ3) is 2.98. The van der Waals surface area contributed by atoms with Crippen LogP contribution in [0.25, 0.3) is 0 Å². The van der Waals surface area contributed by atoms with Crippen molar-refractivity contribution in [1.82, 2.24) is 4.98 Å². The summed E-state index contributed by atoms with van der Waals surface area (Å²) in [5, 5.41) is 26.8. The lowest BCUT2D eigenvalue weighted by atomic mass is 9.82. The molecule has 1 aromatic rings. The van der Waals surface area contributed by atoms with Crippen molar-refractivity contribution in [3.05, 3.63) is 22.2 Å². The van der Waals surface area contributed by atoms with E-state index in [-0.39, 0.29) is 18.1 Å². The minimum Gasteiger partial charge on any atom is -0.394 e. The summed E-state index contributed by atoms with van der Waals surface area (Å²) >= 11 is 0. The fraction of sp³-hybridized carbons (Fsp3) is 0.615. The molecule has 7 nitrogen and oxygen atoms in total. The van der Waals surface area contributed by atoms with Crippen molar-refractivity contribution in [3.8, 4) is 0 Å². The Bertz CT molecular complexity index is 487. The number of pyridine rings is 1. The molecule has 1 saturated carbocycles. The predicted molar refractivity (Wildman–Crippen MR) is 77.0 cm³/mol. The van der Waals surface area contributed by atoms with Gasteiger partial charge >= 0.3 is 5.69 Å². The zero-order chi connectivity index (χ0) is 14.6. The molecule has 0 aliphatic heterocycles. The molecule has 3 N–H and O–H groups in total. The summed E-state index contributed by atoms with van der Waals surface area (Å²) in [6.45, 7) is -0.0460. The second kappa shape index (κ2) is 6.04. The minimum absolute atomic E-state index is 0.0460. The van der Waals surface area contributed by atoms with E-state index in [1.807, 2.05) is 0 Å². The van der Waals surface area contributed by atoms with E-state index in [4.69, 9.17) is 0 Å². The number of aromatic nitrogens is 1. The van der Waals surface area contributed by atoms with E-state index in [1.54, 1.807) is 13.1 Å². The van der Waals surface area contributed by atoms with Crippen LogP contribution in [0.2, 0.25) is 0 Å². The molecular formula is C13H20N4O3. The molecule has 0 saturated heterocycles. The summed E-state index contributed by atoms with van der Waals surface area (Å²) in [7, 11) is 1.71. The highest BCUT2D eigenvalue weighted by Gasteiger charge is 2.33. The first-order valence-corrected chi connectivity index (χ1v) is 6.82. The number of nitrogens with one attached hydrogen (secondary N) is 2. The Kier molecular flexibility index (Phi) is 4.39. The Morgan fingerprint density at radius 3 is 2.65 bits per heavy atom. The summed E-state index contributed by atoms with van der Waals surface area (Å²) in [5.74, 6) is 0.778. The Labute approximate surface area is 117 Å². The van der Waals surface area contributed by atoms with Crippen LogP contribution in [0.5, 0.6) is 0 Å². The molecule has 1 fully saturated rings. The third-order valence-electron chi connectivity index (χ3n) is 3.82. The quantitative estimate of drug-likeness (QED) is 0.564. The maximum atomic E-state index is 11.1. The number of nitro groups is 1. The predicted octanol–water partition coefficient (Wildman–Crippen LogP) is 2.14. The van der Waals surface area contributed by atoms with E-state index in [2.05, 4.69) is 15.6 Å². The Morgan fingerprint density at radius 2 is 2.10 bits per heavy atom. The topological polar surface area (TPSA) is 100 Å². The van der Waals surface area contributed by atoms with Gasteiger partial charge in [-0.1, -0.05) is 19.3 Å². The number of aliphatic hydroxyl groups is 1. The number of anilines is 2. The number of nitrogens with zero attached hydrogens (tertiary/aromatic N) is 2. The number of hydrogen-bond acceptors (Lipinski definition) is 6. The molecule has 110 valence electrons. The lowest BCUT2D eigenvalue weighted by molar-refractivity contribution is -0.384. The molecule has 0 spiro atoms. The Hall–Kier alpha value is -1.89. The average molecular weight is 280 g/mol. The smallest absolute Gasteiger partial charge is 0.311 e. The van der Waals surface area contributed by atoms with Crippen LogP contribution in [0.4, 0.5) is 17.3 Å². The van der Waals surface area contributed by atoms with Gasteiger partial charge in [0.15, 0.2) is 0 Å². The Balaban J connectivity index is 2.32. The van der Waals surface area contributed by atoms with Crippen LogP contribution in [-0.4, -0.2) is 34.2 Å². The Morgan fingerprint density at radius 1 is 1.40 bits per heavy atom. The summed E-state index contributed by atoms with van der Waals surface area (Å²) < 4.78 is 0.